The third kappa shape index (κ3) is 7.87. The lowest BCUT2D eigenvalue weighted by atomic mass is 10.7. The van der Waals surface area contributed by atoms with Crippen LogP contribution < -0.4 is 0 Å². The Balaban J connectivity index is 3.53. The van der Waals surface area contributed by atoms with Crippen LogP contribution in [-0.4, -0.2) is 39.7 Å². The fraction of sp³-hybridized carbons (Fsp3) is 1.00. The second kappa shape index (κ2) is 3.14. The van der Waals surface area contributed by atoms with Gasteiger partial charge < -0.3 is 4.90 Å². The van der Waals surface area contributed by atoms with Crippen molar-refractivity contribution in [2.45, 2.75) is 0 Å². The van der Waals surface area contributed by atoms with Crippen molar-refractivity contribution in [3.63, 3.8) is 0 Å². The summed E-state index contributed by atoms with van der Waals surface area (Å²) in [6, 6.07) is 0. The van der Waals surface area contributed by atoms with Crippen LogP contribution in [0.15, 0.2) is 0 Å². The Bertz CT molecular complexity index is 161. The van der Waals surface area contributed by atoms with E-state index >= 15 is 0 Å². The van der Waals surface area contributed by atoms with E-state index < -0.39 is 10.1 Å². The average Bonchev–Trinajstić information content (AvgIpc) is 1.59. The van der Waals surface area contributed by atoms with Crippen LogP contribution in [0.5, 0.6) is 0 Å². The zero-order valence-electron chi connectivity index (χ0n) is 5.49. The SMILES string of the molecule is CN(C)CCS([O])(=O)=O. The molecule has 4 nitrogen and oxygen atoms in total. The summed E-state index contributed by atoms with van der Waals surface area (Å²) in [5.74, 6) is -0.306. The van der Waals surface area contributed by atoms with Gasteiger partial charge in [-0.15, -0.1) is 0 Å². The van der Waals surface area contributed by atoms with Gasteiger partial charge in [-0.1, -0.05) is 4.55 Å². The van der Waals surface area contributed by atoms with Gasteiger partial charge >= 0.3 is 0 Å². The summed E-state index contributed by atoms with van der Waals surface area (Å²) in [4.78, 5) is 1.65. The minimum absolute atomic E-state index is 0.297. The van der Waals surface area contributed by atoms with Gasteiger partial charge in [-0.2, -0.15) is 8.42 Å². The van der Waals surface area contributed by atoms with E-state index in [9.17, 15) is 13.0 Å². The van der Waals surface area contributed by atoms with Crippen molar-refractivity contribution >= 4 is 10.1 Å². The van der Waals surface area contributed by atoms with E-state index in [0.717, 1.165) is 0 Å². The van der Waals surface area contributed by atoms with Crippen molar-refractivity contribution in [3.8, 4) is 0 Å². The van der Waals surface area contributed by atoms with E-state index in [2.05, 4.69) is 0 Å². The summed E-state index contributed by atoms with van der Waals surface area (Å²) in [6.07, 6.45) is 0. The van der Waals surface area contributed by atoms with E-state index in [4.69, 9.17) is 0 Å². The standard InChI is InChI=1S/C4H10NO3S/c1-5(2)3-4-9(6,7)8/h3-4H2,1-2H3. The highest BCUT2D eigenvalue weighted by Gasteiger charge is 2.05. The molecule has 0 rings (SSSR count). The minimum atomic E-state index is -4.01. The molecule has 9 heavy (non-hydrogen) atoms. The van der Waals surface area contributed by atoms with Gasteiger partial charge in [0.05, 0.1) is 5.75 Å². The lowest BCUT2D eigenvalue weighted by molar-refractivity contribution is 0.390. The predicted molar refractivity (Wildman–Crippen MR) is 33.0 cm³/mol. The molecule has 0 N–H and O–H groups in total. The van der Waals surface area contributed by atoms with Crippen molar-refractivity contribution in [1.29, 1.82) is 0 Å². The van der Waals surface area contributed by atoms with Crippen LogP contribution in [0.3, 0.4) is 0 Å². The molecule has 55 valence electrons. The van der Waals surface area contributed by atoms with E-state index in [0.29, 0.717) is 6.54 Å². The van der Waals surface area contributed by atoms with Gasteiger partial charge in [-0.05, 0) is 14.1 Å². The Hall–Kier alpha value is -0.130. The largest absolute Gasteiger partial charge is 0.308 e. The molecular formula is C4H10NO3S. The number of nitrogens with zero attached hydrogens (tertiary/aromatic N) is 1. The molecule has 0 aromatic rings. The normalized spacial score (nSPS) is 12.4. The molecular weight excluding hydrogens is 142 g/mol. The minimum Gasteiger partial charge on any atom is -0.308 e. The van der Waals surface area contributed by atoms with Crippen LogP contribution in [0.4, 0.5) is 0 Å². The first-order chi connectivity index (χ1) is 3.92. The fourth-order valence-corrected chi connectivity index (χ4v) is 0.883. The van der Waals surface area contributed by atoms with Gasteiger partial charge in [0, 0.05) is 6.54 Å². The molecule has 1 radical (unpaired) electrons. The van der Waals surface area contributed by atoms with Crippen molar-refractivity contribution in [1.82, 2.24) is 4.90 Å². The maximum atomic E-state index is 9.95. The van der Waals surface area contributed by atoms with E-state index in [1.54, 1.807) is 19.0 Å². The van der Waals surface area contributed by atoms with Crippen molar-refractivity contribution in [3.05, 3.63) is 0 Å². The summed E-state index contributed by atoms with van der Waals surface area (Å²) in [5.41, 5.74) is 0. The lowest BCUT2D eigenvalue weighted by Crippen LogP contribution is -2.20. The monoisotopic (exact) mass is 152 g/mol. The topological polar surface area (TPSA) is 57.3 Å². The molecule has 0 bridgehead atoms. The van der Waals surface area contributed by atoms with Crippen molar-refractivity contribution in [2.24, 2.45) is 0 Å². The Labute approximate surface area is 55.2 Å². The second-order valence-corrected chi connectivity index (χ2v) is 3.59. The molecule has 5 heteroatoms. The number of rotatable bonds is 3. The van der Waals surface area contributed by atoms with E-state index in [1.807, 2.05) is 0 Å². The highest BCUT2D eigenvalue weighted by molar-refractivity contribution is 7.85. The molecule has 0 saturated heterocycles. The average molecular weight is 152 g/mol. The smallest absolute Gasteiger partial charge is 0.295 e. The molecule has 0 fully saturated rings. The molecule has 0 aliphatic heterocycles. The molecule has 0 atom stereocenters. The van der Waals surface area contributed by atoms with Gasteiger partial charge in [0.25, 0.3) is 10.1 Å². The van der Waals surface area contributed by atoms with Gasteiger partial charge in [-0.3, -0.25) is 0 Å². The molecule has 0 saturated carbocycles. The van der Waals surface area contributed by atoms with Crippen LogP contribution >= 0.6 is 0 Å². The van der Waals surface area contributed by atoms with E-state index in [-0.39, 0.29) is 5.75 Å². The summed E-state index contributed by atoms with van der Waals surface area (Å²) in [5, 5.41) is 0. The first-order valence-electron chi connectivity index (χ1n) is 2.50. The molecule has 0 spiro atoms. The third-order valence-electron chi connectivity index (χ3n) is 0.789. The van der Waals surface area contributed by atoms with Gasteiger partial charge in [0.1, 0.15) is 0 Å². The summed E-state index contributed by atoms with van der Waals surface area (Å²) in [7, 11) is -0.584. The summed E-state index contributed by atoms with van der Waals surface area (Å²) < 4.78 is 29.9. The van der Waals surface area contributed by atoms with Crippen LogP contribution in [0.1, 0.15) is 0 Å². The van der Waals surface area contributed by atoms with E-state index in [1.165, 1.54) is 0 Å². The molecule has 0 aromatic carbocycles. The highest BCUT2D eigenvalue weighted by atomic mass is 32.2. The first kappa shape index (κ1) is 8.87. The van der Waals surface area contributed by atoms with Gasteiger partial charge in [-0.25, -0.2) is 0 Å². The molecule has 0 unspecified atom stereocenters. The molecule has 0 aliphatic rings. The van der Waals surface area contributed by atoms with Crippen LogP contribution in [-0.2, 0) is 14.7 Å². The Kier molecular flexibility index (Phi) is 3.10. The predicted octanol–water partition coefficient (Wildman–Crippen LogP) is -0.692. The van der Waals surface area contributed by atoms with Gasteiger partial charge in [0.2, 0.25) is 0 Å². The lowest BCUT2D eigenvalue weighted by Gasteiger charge is -2.05. The summed E-state index contributed by atoms with van der Waals surface area (Å²) >= 11 is 0. The Morgan fingerprint density at radius 1 is 1.33 bits per heavy atom. The summed E-state index contributed by atoms with van der Waals surface area (Å²) in [6.45, 7) is 0.297. The highest BCUT2D eigenvalue weighted by Crippen LogP contribution is 1.83. The second-order valence-electron chi connectivity index (χ2n) is 2.07. The number of hydrogen-bond acceptors (Lipinski definition) is 3. The Morgan fingerprint density at radius 3 is 1.89 bits per heavy atom. The van der Waals surface area contributed by atoms with Crippen molar-refractivity contribution < 1.29 is 13.0 Å². The van der Waals surface area contributed by atoms with Gasteiger partial charge in [0.15, 0.2) is 0 Å². The Morgan fingerprint density at radius 2 is 1.78 bits per heavy atom. The third-order valence-corrected chi connectivity index (χ3v) is 1.47. The maximum absolute atomic E-state index is 9.95. The van der Waals surface area contributed by atoms with Crippen LogP contribution in [0.25, 0.3) is 0 Å². The molecule has 0 aliphatic carbocycles. The molecule has 0 aromatic heterocycles. The molecule has 0 amide bonds. The first-order valence-corrected chi connectivity index (χ1v) is 4.08. The number of hydrogen-bond donors (Lipinski definition) is 0. The zero-order valence-corrected chi connectivity index (χ0v) is 6.31. The molecule has 0 heterocycles. The van der Waals surface area contributed by atoms with Crippen molar-refractivity contribution in [2.75, 3.05) is 26.4 Å². The van der Waals surface area contributed by atoms with Crippen LogP contribution in [0, 0.1) is 0 Å². The quantitative estimate of drug-likeness (QED) is 0.537. The zero-order chi connectivity index (χ0) is 7.49. The maximum Gasteiger partial charge on any atom is 0.295 e. The fourth-order valence-electron chi connectivity index (χ4n) is 0.294. The van der Waals surface area contributed by atoms with Crippen LogP contribution in [0.2, 0.25) is 0 Å².